The molecule has 2 rings (SSSR count). The van der Waals surface area contributed by atoms with Gasteiger partial charge in [0.2, 0.25) is 0 Å². The molecule has 0 aliphatic rings. The summed E-state index contributed by atoms with van der Waals surface area (Å²) in [6.07, 6.45) is 0. The molecule has 3 nitrogen and oxygen atoms in total. The normalized spacial score (nSPS) is 10.6. The van der Waals surface area contributed by atoms with Crippen LogP contribution in [-0.2, 0) is 0 Å². The van der Waals surface area contributed by atoms with E-state index >= 15 is 0 Å². The minimum absolute atomic E-state index is 0.104. The SMILES string of the molecule is Cc1cc(N)ccc1NC(=O)c1ccc(C(C)C)cc1. The highest BCUT2D eigenvalue weighted by Gasteiger charge is 2.08. The van der Waals surface area contributed by atoms with E-state index in [-0.39, 0.29) is 5.91 Å². The lowest BCUT2D eigenvalue weighted by Gasteiger charge is -2.10. The Morgan fingerprint density at radius 3 is 2.30 bits per heavy atom. The average Bonchev–Trinajstić information content (AvgIpc) is 2.42. The van der Waals surface area contributed by atoms with E-state index in [0.717, 1.165) is 11.3 Å². The number of aryl methyl sites for hydroxylation is 1. The van der Waals surface area contributed by atoms with Gasteiger partial charge in [0.1, 0.15) is 0 Å². The van der Waals surface area contributed by atoms with E-state index in [0.29, 0.717) is 17.2 Å². The van der Waals surface area contributed by atoms with E-state index in [1.807, 2.05) is 43.3 Å². The summed E-state index contributed by atoms with van der Waals surface area (Å²) in [4.78, 5) is 12.2. The first-order chi connectivity index (χ1) is 9.47. The summed E-state index contributed by atoms with van der Waals surface area (Å²) in [5, 5.41) is 2.91. The molecule has 0 aliphatic heterocycles. The third-order valence-corrected chi connectivity index (χ3v) is 3.34. The summed E-state index contributed by atoms with van der Waals surface area (Å²) in [6.45, 7) is 6.19. The van der Waals surface area contributed by atoms with Crippen LogP contribution in [0.3, 0.4) is 0 Å². The molecule has 0 bridgehead atoms. The molecule has 3 N–H and O–H groups in total. The number of carbonyl (C=O) groups excluding carboxylic acids is 1. The predicted octanol–water partition coefficient (Wildman–Crippen LogP) is 3.95. The van der Waals surface area contributed by atoms with Crippen molar-refractivity contribution in [3.8, 4) is 0 Å². The molecule has 0 saturated heterocycles. The van der Waals surface area contributed by atoms with Crippen molar-refractivity contribution in [2.45, 2.75) is 26.7 Å². The molecule has 0 radical (unpaired) electrons. The number of carbonyl (C=O) groups is 1. The lowest BCUT2D eigenvalue weighted by Crippen LogP contribution is -2.12. The van der Waals surface area contributed by atoms with Crippen molar-refractivity contribution in [3.05, 3.63) is 59.2 Å². The zero-order chi connectivity index (χ0) is 14.7. The van der Waals surface area contributed by atoms with Gasteiger partial charge in [-0.3, -0.25) is 4.79 Å². The third kappa shape index (κ3) is 3.18. The molecule has 2 aromatic carbocycles. The molecular formula is C17H20N2O. The third-order valence-electron chi connectivity index (χ3n) is 3.34. The van der Waals surface area contributed by atoms with E-state index in [2.05, 4.69) is 19.2 Å². The molecule has 3 heteroatoms. The molecule has 0 heterocycles. The number of nitrogens with two attached hydrogens (primary N) is 1. The van der Waals surface area contributed by atoms with Gasteiger partial charge >= 0.3 is 0 Å². The van der Waals surface area contributed by atoms with Crippen LogP contribution >= 0.6 is 0 Å². The van der Waals surface area contributed by atoms with Crippen LogP contribution in [0.2, 0.25) is 0 Å². The molecule has 0 atom stereocenters. The molecule has 1 amide bonds. The molecule has 104 valence electrons. The maximum Gasteiger partial charge on any atom is 0.255 e. The Kier molecular flexibility index (Phi) is 4.08. The van der Waals surface area contributed by atoms with Gasteiger partial charge in [0.25, 0.3) is 5.91 Å². The average molecular weight is 268 g/mol. The van der Waals surface area contributed by atoms with Crippen LogP contribution in [0.5, 0.6) is 0 Å². The van der Waals surface area contributed by atoms with Gasteiger partial charge in [-0.05, 0) is 54.3 Å². The highest BCUT2D eigenvalue weighted by Crippen LogP contribution is 2.19. The zero-order valence-corrected chi connectivity index (χ0v) is 12.1. The second kappa shape index (κ2) is 5.78. The summed E-state index contributed by atoms with van der Waals surface area (Å²) in [7, 11) is 0. The van der Waals surface area contributed by atoms with Crippen LogP contribution in [0.1, 0.15) is 41.3 Å². The molecule has 2 aromatic rings. The first-order valence-electron chi connectivity index (χ1n) is 6.75. The maximum atomic E-state index is 12.2. The van der Waals surface area contributed by atoms with Crippen LogP contribution in [-0.4, -0.2) is 5.91 Å². The van der Waals surface area contributed by atoms with E-state index in [4.69, 9.17) is 5.73 Å². The number of hydrogen-bond acceptors (Lipinski definition) is 2. The highest BCUT2D eigenvalue weighted by molar-refractivity contribution is 6.04. The molecule has 0 spiro atoms. The number of anilines is 2. The molecular weight excluding hydrogens is 248 g/mol. The van der Waals surface area contributed by atoms with Gasteiger partial charge in [-0.25, -0.2) is 0 Å². The minimum atomic E-state index is -0.104. The Balaban J connectivity index is 2.15. The van der Waals surface area contributed by atoms with Gasteiger partial charge in [-0.2, -0.15) is 0 Å². The highest BCUT2D eigenvalue weighted by atomic mass is 16.1. The fraction of sp³-hybridized carbons (Fsp3) is 0.235. The zero-order valence-electron chi connectivity index (χ0n) is 12.1. The van der Waals surface area contributed by atoms with Crippen LogP contribution in [0.25, 0.3) is 0 Å². The number of nitrogen functional groups attached to an aromatic ring is 1. The van der Waals surface area contributed by atoms with Crippen molar-refractivity contribution in [2.75, 3.05) is 11.1 Å². The molecule has 0 aliphatic carbocycles. The predicted molar refractivity (Wildman–Crippen MR) is 84.1 cm³/mol. The molecule has 0 fully saturated rings. The second-order valence-corrected chi connectivity index (χ2v) is 5.31. The lowest BCUT2D eigenvalue weighted by atomic mass is 10.0. The first-order valence-corrected chi connectivity index (χ1v) is 6.75. The van der Waals surface area contributed by atoms with Gasteiger partial charge in [0, 0.05) is 16.9 Å². The molecule has 0 unspecified atom stereocenters. The number of rotatable bonds is 3. The van der Waals surface area contributed by atoms with Crippen molar-refractivity contribution >= 4 is 17.3 Å². The standard InChI is InChI=1S/C17H20N2O/c1-11(2)13-4-6-14(7-5-13)17(20)19-16-9-8-15(18)10-12(16)3/h4-11H,18H2,1-3H3,(H,19,20). The Morgan fingerprint density at radius 1 is 1.10 bits per heavy atom. The second-order valence-electron chi connectivity index (χ2n) is 5.31. The van der Waals surface area contributed by atoms with Gasteiger partial charge in [-0.1, -0.05) is 26.0 Å². The van der Waals surface area contributed by atoms with Crippen molar-refractivity contribution in [2.24, 2.45) is 0 Å². The summed E-state index contributed by atoms with van der Waals surface area (Å²) in [5.41, 5.74) is 10.0. The first kappa shape index (κ1) is 14.1. The smallest absolute Gasteiger partial charge is 0.255 e. The van der Waals surface area contributed by atoms with Crippen molar-refractivity contribution in [3.63, 3.8) is 0 Å². The van der Waals surface area contributed by atoms with E-state index in [1.54, 1.807) is 6.07 Å². The topological polar surface area (TPSA) is 55.1 Å². The van der Waals surface area contributed by atoms with Crippen molar-refractivity contribution < 1.29 is 4.79 Å². The molecule has 0 aromatic heterocycles. The van der Waals surface area contributed by atoms with Crippen LogP contribution < -0.4 is 11.1 Å². The van der Waals surface area contributed by atoms with Gasteiger partial charge in [0.05, 0.1) is 0 Å². The Hall–Kier alpha value is -2.29. The lowest BCUT2D eigenvalue weighted by molar-refractivity contribution is 0.102. The summed E-state index contributed by atoms with van der Waals surface area (Å²) >= 11 is 0. The van der Waals surface area contributed by atoms with E-state index < -0.39 is 0 Å². The number of nitrogens with one attached hydrogen (secondary N) is 1. The monoisotopic (exact) mass is 268 g/mol. The van der Waals surface area contributed by atoms with Crippen molar-refractivity contribution in [1.82, 2.24) is 0 Å². The fourth-order valence-electron chi connectivity index (χ4n) is 2.04. The van der Waals surface area contributed by atoms with Crippen molar-refractivity contribution in [1.29, 1.82) is 0 Å². The maximum absolute atomic E-state index is 12.2. The Bertz CT molecular complexity index is 615. The van der Waals surface area contributed by atoms with Gasteiger partial charge in [-0.15, -0.1) is 0 Å². The number of amides is 1. The van der Waals surface area contributed by atoms with Crippen LogP contribution in [0, 0.1) is 6.92 Å². The number of hydrogen-bond donors (Lipinski definition) is 2. The van der Waals surface area contributed by atoms with Gasteiger partial charge < -0.3 is 11.1 Å². The minimum Gasteiger partial charge on any atom is -0.399 e. The Morgan fingerprint density at radius 2 is 1.75 bits per heavy atom. The Labute approximate surface area is 119 Å². The van der Waals surface area contributed by atoms with E-state index in [9.17, 15) is 4.79 Å². The molecule has 0 saturated carbocycles. The van der Waals surface area contributed by atoms with Crippen LogP contribution in [0.15, 0.2) is 42.5 Å². The largest absolute Gasteiger partial charge is 0.399 e. The quantitative estimate of drug-likeness (QED) is 0.828. The summed E-state index contributed by atoms with van der Waals surface area (Å²) in [6, 6.07) is 13.2. The summed E-state index contributed by atoms with van der Waals surface area (Å²) in [5.74, 6) is 0.361. The molecule has 20 heavy (non-hydrogen) atoms. The number of benzene rings is 2. The van der Waals surface area contributed by atoms with Gasteiger partial charge in [0.15, 0.2) is 0 Å². The van der Waals surface area contributed by atoms with E-state index in [1.165, 1.54) is 5.56 Å². The summed E-state index contributed by atoms with van der Waals surface area (Å²) < 4.78 is 0. The fourth-order valence-corrected chi connectivity index (χ4v) is 2.04. The van der Waals surface area contributed by atoms with Crippen LogP contribution in [0.4, 0.5) is 11.4 Å².